The van der Waals surface area contributed by atoms with E-state index in [1.165, 1.54) is 6.21 Å². The van der Waals surface area contributed by atoms with Crippen molar-refractivity contribution < 1.29 is 5.21 Å². The Morgan fingerprint density at radius 1 is 1.24 bits per heavy atom. The van der Waals surface area contributed by atoms with Gasteiger partial charge in [-0.25, -0.2) is 10.4 Å². The molecule has 21 heavy (non-hydrogen) atoms. The third kappa shape index (κ3) is 2.57. The highest BCUT2D eigenvalue weighted by Crippen LogP contribution is 2.09. The molecule has 0 radical (unpaired) electrons. The first-order valence-electron chi connectivity index (χ1n) is 6.16. The summed E-state index contributed by atoms with van der Waals surface area (Å²) in [6.45, 7) is 0. The van der Waals surface area contributed by atoms with Crippen molar-refractivity contribution in [1.29, 1.82) is 0 Å². The zero-order valence-electron chi connectivity index (χ0n) is 10.8. The molecule has 0 saturated heterocycles. The molecule has 3 aromatic rings. The molecule has 1 aromatic carbocycles. The van der Waals surface area contributed by atoms with Crippen molar-refractivity contribution in [3.05, 3.63) is 64.7 Å². The Kier molecular flexibility index (Phi) is 3.30. The van der Waals surface area contributed by atoms with Crippen LogP contribution in [-0.2, 0) is 0 Å². The van der Waals surface area contributed by atoms with Gasteiger partial charge in [-0.1, -0.05) is 18.2 Å². The van der Waals surface area contributed by atoms with E-state index in [4.69, 9.17) is 0 Å². The molecule has 0 aliphatic carbocycles. The van der Waals surface area contributed by atoms with Crippen LogP contribution in [0.5, 0.6) is 0 Å². The SMILES string of the molecule is O=c1c2ccccc2nc(N/N=C/c2cccnc2)n1O. The van der Waals surface area contributed by atoms with Gasteiger partial charge in [0.1, 0.15) is 0 Å². The molecule has 0 aliphatic heterocycles. The monoisotopic (exact) mass is 281 g/mol. The molecular weight excluding hydrogens is 270 g/mol. The van der Waals surface area contributed by atoms with Crippen molar-refractivity contribution in [1.82, 2.24) is 14.7 Å². The van der Waals surface area contributed by atoms with Crippen molar-refractivity contribution >= 4 is 23.1 Å². The first kappa shape index (κ1) is 12.8. The first-order chi connectivity index (χ1) is 10.3. The number of pyridine rings is 1. The Morgan fingerprint density at radius 3 is 2.90 bits per heavy atom. The molecule has 104 valence electrons. The van der Waals surface area contributed by atoms with E-state index in [0.29, 0.717) is 15.6 Å². The second kappa shape index (κ2) is 5.41. The van der Waals surface area contributed by atoms with Crippen molar-refractivity contribution in [2.75, 3.05) is 5.43 Å². The van der Waals surface area contributed by atoms with Crippen LogP contribution < -0.4 is 11.0 Å². The maximum absolute atomic E-state index is 12.0. The van der Waals surface area contributed by atoms with Crippen LogP contribution >= 0.6 is 0 Å². The molecule has 3 rings (SSSR count). The molecule has 0 spiro atoms. The van der Waals surface area contributed by atoms with Crippen molar-refractivity contribution in [3.8, 4) is 0 Å². The average Bonchev–Trinajstić information content (AvgIpc) is 2.53. The van der Waals surface area contributed by atoms with Crippen molar-refractivity contribution in [2.24, 2.45) is 5.10 Å². The lowest BCUT2D eigenvalue weighted by atomic mass is 10.2. The first-order valence-corrected chi connectivity index (χ1v) is 6.16. The van der Waals surface area contributed by atoms with E-state index in [-0.39, 0.29) is 5.95 Å². The van der Waals surface area contributed by atoms with E-state index in [0.717, 1.165) is 5.56 Å². The van der Waals surface area contributed by atoms with Gasteiger partial charge in [-0.3, -0.25) is 9.78 Å². The van der Waals surface area contributed by atoms with Gasteiger partial charge in [0.15, 0.2) is 0 Å². The van der Waals surface area contributed by atoms with E-state index in [2.05, 4.69) is 20.5 Å². The number of hydrogen-bond donors (Lipinski definition) is 2. The van der Waals surface area contributed by atoms with Crippen LogP contribution in [0.25, 0.3) is 10.9 Å². The summed E-state index contributed by atoms with van der Waals surface area (Å²) in [4.78, 5) is 20.0. The molecule has 0 saturated carbocycles. The molecule has 7 heteroatoms. The molecule has 0 atom stereocenters. The summed E-state index contributed by atoms with van der Waals surface area (Å²) in [5.41, 5.74) is 3.24. The van der Waals surface area contributed by atoms with Crippen LogP contribution in [0.15, 0.2) is 58.7 Å². The maximum atomic E-state index is 12.0. The normalized spacial score (nSPS) is 11.0. The number of benzene rings is 1. The highest BCUT2D eigenvalue weighted by molar-refractivity contribution is 5.80. The Bertz CT molecular complexity index is 858. The lowest BCUT2D eigenvalue weighted by Crippen LogP contribution is -2.22. The predicted molar refractivity (Wildman–Crippen MR) is 78.6 cm³/mol. The van der Waals surface area contributed by atoms with E-state index in [1.807, 2.05) is 6.07 Å². The third-order valence-electron chi connectivity index (χ3n) is 2.82. The molecule has 7 nitrogen and oxygen atoms in total. The van der Waals surface area contributed by atoms with E-state index >= 15 is 0 Å². The number of fused-ring (bicyclic) bond motifs is 1. The largest absolute Gasteiger partial charge is 0.422 e. The molecular formula is C14H11N5O2. The summed E-state index contributed by atoms with van der Waals surface area (Å²) in [6, 6.07) is 10.3. The van der Waals surface area contributed by atoms with Crippen LogP contribution in [-0.4, -0.2) is 26.1 Å². The minimum absolute atomic E-state index is 0.0566. The average molecular weight is 281 g/mol. The second-order valence-electron chi connectivity index (χ2n) is 4.23. The van der Waals surface area contributed by atoms with Gasteiger partial charge in [0.05, 0.1) is 17.1 Å². The Morgan fingerprint density at radius 2 is 2.10 bits per heavy atom. The van der Waals surface area contributed by atoms with Crippen LogP contribution in [0.2, 0.25) is 0 Å². The van der Waals surface area contributed by atoms with Gasteiger partial charge in [-0.05, 0) is 18.2 Å². The zero-order chi connectivity index (χ0) is 14.7. The highest BCUT2D eigenvalue weighted by atomic mass is 16.5. The van der Waals surface area contributed by atoms with Gasteiger partial charge in [0, 0.05) is 18.0 Å². The molecule has 0 aliphatic rings. The van der Waals surface area contributed by atoms with Crippen LogP contribution in [0.1, 0.15) is 5.56 Å². The molecule has 2 heterocycles. The van der Waals surface area contributed by atoms with E-state index in [9.17, 15) is 10.0 Å². The maximum Gasteiger partial charge on any atom is 0.295 e. The second-order valence-corrected chi connectivity index (χ2v) is 4.23. The number of rotatable bonds is 3. The topological polar surface area (TPSA) is 92.4 Å². The number of nitrogens with zero attached hydrogens (tertiary/aromatic N) is 4. The fourth-order valence-corrected chi connectivity index (χ4v) is 1.81. The van der Waals surface area contributed by atoms with Crippen LogP contribution in [0.4, 0.5) is 5.95 Å². The standard InChI is InChI=1S/C14H11N5O2/c20-13-11-5-1-2-6-12(11)17-14(19(13)21)18-16-9-10-4-3-7-15-8-10/h1-9,21H,(H,17,18)/b16-9+. The smallest absolute Gasteiger partial charge is 0.295 e. The highest BCUT2D eigenvalue weighted by Gasteiger charge is 2.08. The van der Waals surface area contributed by atoms with Crippen LogP contribution in [0.3, 0.4) is 0 Å². The van der Waals surface area contributed by atoms with Crippen molar-refractivity contribution in [2.45, 2.75) is 0 Å². The lowest BCUT2D eigenvalue weighted by Gasteiger charge is -2.05. The number of para-hydroxylation sites is 1. The Hall–Kier alpha value is -3.22. The van der Waals surface area contributed by atoms with Gasteiger partial charge in [-0.15, -0.1) is 4.73 Å². The fraction of sp³-hybridized carbons (Fsp3) is 0. The fourth-order valence-electron chi connectivity index (χ4n) is 1.81. The van der Waals surface area contributed by atoms with Crippen LogP contribution in [0, 0.1) is 0 Å². The zero-order valence-corrected chi connectivity index (χ0v) is 10.8. The molecule has 0 fully saturated rings. The lowest BCUT2D eigenvalue weighted by molar-refractivity contribution is 0.179. The Balaban J connectivity index is 1.93. The predicted octanol–water partition coefficient (Wildman–Crippen LogP) is 1.47. The quantitative estimate of drug-likeness (QED) is 0.431. The molecule has 0 amide bonds. The Labute approximate surface area is 119 Å². The molecule has 2 aromatic heterocycles. The number of hydrazone groups is 1. The summed E-state index contributed by atoms with van der Waals surface area (Å²) >= 11 is 0. The van der Waals surface area contributed by atoms with Crippen molar-refractivity contribution in [3.63, 3.8) is 0 Å². The molecule has 0 bridgehead atoms. The molecule has 0 unspecified atom stereocenters. The summed E-state index contributed by atoms with van der Waals surface area (Å²) in [5, 5.41) is 14.0. The summed E-state index contributed by atoms with van der Waals surface area (Å²) in [7, 11) is 0. The van der Waals surface area contributed by atoms with E-state index in [1.54, 1.807) is 42.7 Å². The van der Waals surface area contributed by atoms with Gasteiger partial charge in [0.2, 0.25) is 0 Å². The summed E-state index contributed by atoms with van der Waals surface area (Å²) in [6.07, 6.45) is 4.79. The number of aromatic nitrogens is 3. The van der Waals surface area contributed by atoms with Gasteiger partial charge >= 0.3 is 0 Å². The number of anilines is 1. The van der Waals surface area contributed by atoms with Gasteiger partial charge < -0.3 is 5.21 Å². The van der Waals surface area contributed by atoms with Gasteiger partial charge in [0.25, 0.3) is 11.5 Å². The summed E-state index contributed by atoms with van der Waals surface area (Å²) in [5.74, 6) is -0.0566. The minimum atomic E-state index is -0.556. The van der Waals surface area contributed by atoms with E-state index < -0.39 is 5.56 Å². The number of hydrogen-bond acceptors (Lipinski definition) is 6. The summed E-state index contributed by atoms with van der Waals surface area (Å²) < 4.78 is 0.433. The van der Waals surface area contributed by atoms with Gasteiger partial charge in [-0.2, -0.15) is 5.10 Å². The minimum Gasteiger partial charge on any atom is -0.422 e. The number of nitrogens with one attached hydrogen (secondary N) is 1. The third-order valence-corrected chi connectivity index (χ3v) is 2.82. The molecule has 2 N–H and O–H groups in total.